The second-order valence-corrected chi connectivity index (χ2v) is 5.59. The van der Waals surface area contributed by atoms with Crippen molar-refractivity contribution < 1.29 is 19.0 Å². The van der Waals surface area contributed by atoms with E-state index < -0.39 is 11.9 Å². The SMILES string of the molecule is CCCOc1ccc(C(Cc2ccc(F)cc2)C(=O)O)c(C)c1. The maximum Gasteiger partial charge on any atom is 0.311 e. The fraction of sp³-hybridized carbons (Fsp3) is 0.316. The molecule has 122 valence electrons. The number of aliphatic carboxylic acids is 1. The minimum absolute atomic E-state index is 0.325. The topological polar surface area (TPSA) is 46.5 Å². The number of carbonyl (C=O) groups is 1. The van der Waals surface area contributed by atoms with Crippen LogP contribution in [0, 0.1) is 12.7 Å². The van der Waals surface area contributed by atoms with Crippen molar-refractivity contribution in [2.45, 2.75) is 32.6 Å². The minimum Gasteiger partial charge on any atom is -0.494 e. The van der Waals surface area contributed by atoms with Gasteiger partial charge in [-0.3, -0.25) is 4.79 Å². The van der Waals surface area contributed by atoms with E-state index in [-0.39, 0.29) is 5.82 Å². The van der Waals surface area contributed by atoms with Crippen LogP contribution in [0.15, 0.2) is 42.5 Å². The lowest BCUT2D eigenvalue weighted by molar-refractivity contribution is -0.138. The van der Waals surface area contributed by atoms with Crippen molar-refractivity contribution in [3.63, 3.8) is 0 Å². The van der Waals surface area contributed by atoms with Crippen LogP contribution in [0.3, 0.4) is 0 Å². The molecule has 0 aliphatic heterocycles. The number of carboxylic acids is 1. The molecule has 23 heavy (non-hydrogen) atoms. The highest BCUT2D eigenvalue weighted by atomic mass is 19.1. The number of hydrogen-bond donors (Lipinski definition) is 1. The molecule has 1 atom stereocenters. The molecule has 3 nitrogen and oxygen atoms in total. The van der Waals surface area contributed by atoms with Gasteiger partial charge in [-0.1, -0.05) is 25.1 Å². The van der Waals surface area contributed by atoms with Crippen molar-refractivity contribution in [3.8, 4) is 5.75 Å². The summed E-state index contributed by atoms with van der Waals surface area (Å²) >= 11 is 0. The molecule has 0 radical (unpaired) electrons. The third kappa shape index (κ3) is 4.55. The summed E-state index contributed by atoms with van der Waals surface area (Å²) in [6.45, 7) is 4.55. The molecule has 1 N–H and O–H groups in total. The average Bonchev–Trinajstić information content (AvgIpc) is 2.53. The Morgan fingerprint density at radius 2 is 1.91 bits per heavy atom. The molecule has 0 aromatic heterocycles. The third-order valence-electron chi connectivity index (χ3n) is 3.74. The van der Waals surface area contributed by atoms with Gasteiger partial charge in [0, 0.05) is 0 Å². The van der Waals surface area contributed by atoms with Gasteiger partial charge >= 0.3 is 5.97 Å². The second-order valence-electron chi connectivity index (χ2n) is 5.59. The largest absolute Gasteiger partial charge is 0.494 e. The van der Waals surface area contributed by atoms with E-state index in [0.717, 1.165) is 28.9 Å². The van der Waals surface area contributed by atoms with Gasteiger partial charge in [-0.25, -0.2) is 4.39 Å². The third-order valence-corrected chi connectivity index (χ3v) is 3.74. The predicted molar refractivity (Wildman–Crippen MR) is 87.4 cm³/mol. The van der Waals surface area contributed by atoms with Gasteiger partial charge in [0.1, 0.15) is 11.6 Å². The van der Waals surface area contributed by atoms with E-state index in [0.29, 0.717) is 13.0 Å². The summed E-state index contributed by atoms with van der Waals surface area (Å²) in [6.07, 6.45) is 1.24. The van der Waals surface area contributed by atoms with E-state index in [2.05, 4.69) is 0 Å². The molecule has 0 bridgehead atoms. The maximum atomic E-state index is 13.0. The second kappa shape index (κ2) is 7.77. The first-order valence-electron chi connectivity index (χ1n) is 7.72. The van der Waals surface area contributed by atoms with Crippen LogP contribution in [0.5, 0.6) is 5.75 Å². The van der Waals surface area contributed by atoms with E-state index in [4.69, 9.17) is 4.74 Å². The molecule has 2 aromatic carbocycles. The quantitative estimate of drug-likeness (QED) is 0.827. The Kier molecular flexibility index (Phi) is 5.74. The van der Waals surface area contributed by atoms with Crippen LogP contribution in [-0.4, -0.2) is 17.7 Å². The van der Waals surface area contributed by atoms with Crippen molar-refractivity contribution in [1.29, 1.82) is 0 Å². The molecule has 0 fully saturated rings. The van der Waals surface area contributed by atoms with E-state index >= 15 is 0 Å². The van der Waals surface area contributed by atoms with Gasteiger partial charge in [-0.05, 0) is 60.7 Å². The van der Waals surface area contributed by atoms with Crippen LogP contribution in [0.4, 0.5) is 4.39 Å². The van der Waals surface area contributed by atoms with Gasteiger partial charge in [0.2, 0.25) is 0 Å². The first kappa shape index (κ1) is 17.0. The zero-order chi connectivity index (χ0) is 16.8. The number of hydrogen-bond acceptors (Lipinski definition) is 2. The van der Waals surface area contributed by atoms with Gasteiger partial charge in [0.05, 0.1) is 12.5 Å². The Hall–Kier alpha value is -2.36. The molecule has 2 rings (SSSR count). The molecule has 0 spiro atoms. The summed E-state index contributed by atoms with van der Waals surface area (Å²) in [5.74, 6) is -1.13. The van der Waals surface area contributed by atoms with Gasteiger partial charge < -0.3 is 9.84 Å². The lowest BCUT2D eigenvalue weighted by Gasteiger charge is -2.17. The summed E-state index contributed by atoms with van der Waals surface area (Å²) in [5.41, 5.74) is 2.43. The standard InChI is InChI=1S/C19H21FO3/c1-3-10-23-16-8-9-17(13(2)11-16)18(19(21)22)12-14-4-6-15(20)7-5-14/h4-9,11,18H,3,10,12H2,1-2H3,(H,21,22). The highest BCUT2D eigenvalue weighted by molar-refractivity contribution is 5.77. The number of aryl methyl sites for hydroxylation is 1. The van der Waals surface area contributed by atoms with Crippen molar-refractivity contribution in [2.24, 2.45) is 0 Å². The Morgan fingerprint density at radius 3 is 2.48 bits per heavy atom. The zero-order valence-electron chi connectivity index (χ0n) is 13.4. The highest BCUT2D eigenvalue weighted by Crippen LogP contribution is 2.27. The summed E-state index contributed by atoms with van der Waals surface area (Å²) < 4.78 is 18.6. The summed E-state index contributed by atoms with van der Waals surface area (Å²) in [7, 11) is 0. The molecule has 0 saturated heterocycles. The normalized spacial score (nSPS) is 12.0. The molecule has 0 aliphatic rings. The number of carboxylic acid groups (broad SMARTS) is 1. The average molecular weight is 316 g/mol. The monoisotopic (exact) mass is 316 g/mol. The fourth-order valence-electron chi connectivity index (χ4n) is 2.54. The van der Waals surface area contributed by atoms with E-state index in [9.17, 15) is 14.3 Å². The Bertz CT molecular complexity index is 665. The molecule has 2 aromatic rings. The Labute approximate surface area is 135 Å². The van der Waals surface area contributed by atoms with Crippen LogP contribution in [0.25, 0.3) is 0 Å². The molecule has 1 unspecified atom stereocenters. The first-order chi connectivity index (χ1) is 11.0. The molecule has 4 heteroatoms. The van der Waals surface area contributed by atoms with Crippen molar-refractivity contribution in [2.75, 3.05) is 6.61 Å². The lowest BCUT2D eigenvalue weighted by Crippen LogP contribution is -2.15. The summed E-state index contributed by atoms with van der Waals surface area (Å²) in [4.78, 5) is 11.7. The van der Waals surface area contributed by atoms with Gasteiger partial charge in [0.25, 0.3) is 0 Å². The highest BCUT2D eigenvalue weighted by Gasteiger charge is 2.22. The number of ether oxygens (including phenoxy) is 1. The van der Waals surface area contributed by atoms with Crippen LogP contribution in [-0.2, 0) is 11.2 Å². The van der Waals surface area contributed by atoms with Crippen molar-refractivity contribution in [1.82, 2.24) is 0 Å². The molecule has 0 saturated carbocycles. The molecular formula is C19H21FO3. The van der Waals surface area contributed by atoms with Gasteiger partial charge in [-0.2, -0.15) is 0 Å². The van der Waals surface area contributed by atoms with E-state index in [1.54, 1.807) is 18.2 Å². The summed E-state index contributed by atoms with van der Waals surface area (Å²) in [6, 6.07) is 11.4. The predicted octanol–water partition coefficient (Wildman–Crippen LogP) is 4.33. The van der Waals surface area contributed by atoms with E-state index in [1.807, 2.05) is 26.0 Å². The fourth-order valence-corrected chi connectivity index (χ4v) is 2.54. The maximum absolute atomic E-state index is 13.0. The van der Waals surface area contributed by atoms with Crippen molar-refractivity contribution in [3.05, 3.63) is 65.0 Å². The van der Waals surface area contributed by atoms with E-state index in [1.165, 1.54) is 12.1 Å². The number of halogens is 1. The van der Waals surface area contributed by atoms with Crippen LogP contribution in [0.1, 0.15) is 36.0 Å². The zero-order valence-corrected chi connectivity index (χ0v) is 13.4. The van der Waals surface area contributed by atoms with Crippen molar-refractivity contribution >= 4 is 5.97 Å². The Balaban J connectivity index is 2.23. The summed E-state index contributed by atoms with van der Waals surface area (Å²) in [5, 5.41) is 9.57. The first-order valence-corrected chi connectivity index (χ1v) is 7.72. The molecule has 0 aliphatic carbocycles. The molecule has 0 amide bonds. The lowest BCUT2D eigenvalue weighted by atomic mass is 9.89. The van der Waals surface area contributed by atoms with Crippen LogP contribution in [0.2, 0.25) is 0 Å². The number of rotatable bonds is 7. The minimum atomic E-state index is -0.889. The van der Waals surface area contributed by atoms with Gasteiger partial charge in [-0.15, -0.1) is 0 Å². The Morgan fingerprint density at radius 1 is 1.22 bits per heavy atom. The smallest absolute Gasteiger partial charge is 0.311 e. The molecule has 0 heterocycles. The van der Waals surface area contributed by atoms with Crippen LogP contribution >= 0.6 is 0 Å². The number of benzene rings is 2. The molecular weight excluding hydrogens is 295 g/mol. The van der Waals surface area contributed by atoms with Crippen LogP contribution < -0.4 is 4.74 Å². The van der Waals surface area contributed by atoms with Gasteiger partial charge in [0.15, 0.2) is 0 Å².